The summed E-state index contributed by atoms with van der Waals surface area (Å²) in [7, 11) is 1.89. The van der Waals surface area contributed by atoms with Gasteiger partial charge in [0, 0.05) is 25.8 Å². The highest BCUT2D eigenvalue weighted by atomic mass is 35.5. The van der Waals surface area contributed by atoms with Gasteiger partial charge >= 0.3 is 0 Å². The van der Waals surface area contributed by atoms with Crippen LogP contribution in [0.3, 0.4) is 0 Å². The summed E-state index contributed by atoms with van der Waals surface area (Å²) >= 11 is 6.08. The van der Waals surface area contributed by atoms with Crippen LogP contribution >= 0.6 is 11.6 Å². The van der Waals surface area contributed by atoms with Crippen LogP contribution in [0.2, 0.25) is 5.02 Å². The first-order valence-corrected chi connectivity index (χ1v) is 5.75. The van der Waals surface area contributed by atoms with E-state index in [4.69, 9.17) is 11.6 Å². The van der Waals surface area contributed by atoms with Gasteiger partial charge < -0.3 is 0 Å². The second-order valence-corrected chi connectivity index (χ2v) is 4.59. The number of aryl methyl sites for hydroxylation is 1. The van der Waals surface area contributed by atoms with Crippen molar-refractivity contribution in [3.8, 4) is 0 Å². The van der Waals surface area contributed by atoms with E-state index in [1.54, 1.807) is 10.9 Å². The number of Topliss-reactive ketones (excluding diaryl/α,β-unsaturated/α-hetero) is 1. The van der Waals surface area contributed by atoms with Gasteiger partial charge in [0.25, 0.3) is 0 Å². The quantitative estimate of drug-likeness (QED) is 0.691. The molecule has 1 fully saturated rings. The number of halogens is 1. The monoisotopic (exact) mass is 226 g/mol. The Labute approximate surface area is 94.4 Å². The van der Waals surface area contributed by atoms with Crippen LogP contribution < -0.4 is 0 Å². The van der Waals surface area contributed by atoms with E-state index in [9.17, 15) is 4.79 Å². The molecule has 1 aromatic heterocycles. The first kappa shape index (κ1) is 10.7. The SMILES string of the molecule is Cn1ncc(Cl)c1C1CCCCC(=O)C1. The van der Waals surface area contributed by atoms with Crippen LogP contribution in [0.15, 0.2) is 6.20 Å². The first-order valence-electron chi connectivity index (χ1n) is 5.37. The number of hydrogen-bond donors (Lipinski definition) is 0. The summed E-state index contributed by atoms with van der Waals surface area (Å²) in [6.07, 6.45) is 6.19. The molecule has 1 aromatic rings. The predicted molar refractivity (Wildman–Crippen MR) is 59.1 cm³/mol. The molecule has 1 atom stereocenters. The van der Waals surface area contributed by atoms with Crippen LogP contribution in [0.1, 0.15) is 43.7 Å². The van der Waals surface area contributed by atoms with E-state index in [0.717, 1.165) is 31.4 Å². The van der Waals surface area contributed by atoms with Crippen LogP contribution in [0, 0.1) is 0 Å². The lowest BCUT2D eigenvalue weighted by atomic mass is 9.96. The highest BCUT2D eigenvalue weighted by Gasteiger charge is 2.23. The van der Waals surface area contributed by atoms with E-state index in [1.807, 2.05) is 7.05 Å². The molecular weight excluding hydrogens is 212 g/mol. The number of hydrogen-bond acceptors (Lipinski definition) is 2. The molecule has 0 spiro atoms. The van der Waals surface area contributed by atoms with Gasteiger partial charge in [-0.25, -0.2) is 0 Å². The molecule has 0 N–H and O–H groups in total. The fraction of sp³-hybridized carbons (Fsp3) is 0.636. The van der Waals surface area contributed by atoms with E-state index in [-0.39, 0.29) is 5.92 Å². The van der Waals surface area contributed by atoms with E-state index in [1.165, 1.54) is 0 Å². The highest BCUT2D eigenvalue weighted by Crippen LogP contribution is 2.33. The van der Waals surface area contributed by atoms with Crippen molar-refractivity contribution in [2.75, 3.05) is 0 Å². The summed E-state index contributed by atoms with van der Waals surface area (Å²) in [5.74, 6) is 0.620. The van der Waals surface area contributed by atoms with Crippen molar-refractivity contribution >= 4 is 17.4 Å². The average molecular weight is 227 g/mol. The van der Waals surface area contributed by atoms with Crippen molar-refractivity contribution in [3.63, 3.8) is 0 Å². The third kappa shape index (κ3) is 2.23. The number of carbonyl (C=O) groups excluding carboxylic acids is 1. The molecule has 0 amide bonds. The zero-order valence-electron chi connectivity index (χ0n) is 8.87. The Morgan fingerprint density at radius 3 is 3.00 bits per heavy atom. The fourth-order valence-corrected chi connectivity index (χ4v) is 2.62. The second-order valence-electron chi connectivity index (χ2n) is 4.19. The Kier molecular flexibility index (Phi) is 3.10. The minimum atomic E-state index is 0.264. The van der Waals surface area contributed by atoms with Gasteiger partial charge in [0.05, 0.1) is 16.9 Å². The van der Waals surface area contributed by atoms with Crippen LogP contribution in [0.4, 0.5) is 0 Å². The number of aromatic nitrogens is 2. The largest absolute Gasteiger partial charge is 0.300 e. The summed E-state index contributed by atoms with van der Waals surface area (Å²) in [5, 5.41) is 4.81. The molecule has 15 heavy (non-hydrogen) atoms. The van der Waals surface area contributed by atoms with Crippen molar-refractivity contribution in [1.82, 2.24) is 9.78 Å². The lowest BCUT2D eigenvalue weighted by molar-refractivity contribution is -0.119. The third-order valence-electron chi connectivity index (χ3n) is 3.06. The Morgan fingerprint density at radius 1 is 1.53 bits per heavy atom. The fourth-order valence-electron chi connectivity index (χ4n) is 2.30. The van der Waals surface area contributed by atoms with Gasteiger partial charge in [0.2, 0.25) is 0 Å². The zero-order valence-corrected chi connectivity index (χ0v) is 9.63. The smallest absolute Gasteiger partial charge is 0.133 e. The van der Waals surface area contributed by atoms with Gasteiger partial charge in [0.15, 0.2) is 0 Å². The summed E-state index contributed by atoms with van der Waals surface area (Å²) in [5.41, 5.74) is 1.02. The molecule has 0 radical (unpaired) electrons. The Bertz CT molecular complexity index is 353. The normalized spacial score (nSPS) is 22.8. The molecule has 1 heterocycles. The number of carbonyl (C=O) groups is 1. The molecule has 0 aliphatic heterocycles. The van der Waals surface area contributed by atoms with E-state index in [0.29, 0.717) is 17.2 Å². The van der Waals surface area contributed by atoms with E-state index in [2.05, 4.69) is 5.10 Å². The van der Waals surface area contributed by atoms with E-state index >= 15 is 0 Å². The Morgan fingerprint density at radius 2 is 2.33 bits per heavy atom. The maximum atomic E-state index is 11.5. The molecule has 1 unspecified atom stereocenters. The Balaban J connectivity index is 2.25. The lowest BCUT2D eigenvalue weighted by Crippen LogP contribution is -2.09. The van der Waals surface area contributed by atoms with Crippen LogP contribution in [-0.2, 0) is 11.8 Å². The lowest BCUT2D eigenvalue weighted by Gasteiger charge is -2.14. The van der Waals surface area contributed by atoms with Gasteiger partial charge in [-0.2, -0.15) is 5.10 Å². The molecule has 2 rings (SSSR count). The molecular formula is C11H15ClN2O. The Hall–Kier alpha value is -0.830. The van der Waals surface area contributed by atoms with Crippen molar-refractivity contribution in [1.29, 1.82) is 0 Å². The number of rotatable bonds is 1. The molecule has 0 saturated heterocycles. The minimum absolute atomic E-state index is 0.264. The summed E-state index contributed by atoms with van der Waals surface area (Å²) < 4.78 is 1.80. The third-order valence-corrected chi connectivity index (χ3v) is 3.35. The van der Waals surface area contributed by atoms with Crippen LogP contribution in [0.25, 0.3) is 0 Å². The molecule has 1 aliphatic carbocycles. The van der Waals surface area contributed by atoms with Crippen LogP contribution in [-0.4, -0.2) is 15.6 Å². The van der Waals surface area contributed by atoms with Crippen molar-refractivity contribution in [2.45, 2.75) is 38.0 Å². The summed E-state index contributed by atoms with van der Waals surface area (Å²) in [4.78, 5) is 11.5. The molecule has 82 valence electrons. The molecule has 3 nitrogen and oxygen atoms in total. The van der Waals surface area contributed by atoms with Gasteiger partial charge in [-0.05, 0) is 12.8 Å². The van der Waals surface area contributed by atoms with Gasteiger partial charge in [-0.3, -0.25) is 9.48 Å². The summed E-state index contributed by atoms with van der Waals surface area (Å²) in [6.45, 7) is 0. The molecule has 1 saturated carbocycles. The van der Waals surface area contributed by atoms with Crippen molar-refractivity contribution < 1.29 is 4.79 Å². The second kappa shape index (κ2) is 4.35. The van der Waals surface area contributed by atoms with Crippen LogP contribution in [0.5, 0.6) is 0 Å². The zero-order chi connectivity index (χ0) is 10.8. The number of ketones is 1. The van der Waals surface area contributed by atoms with Crippen molar-refractivity contribution in [2.24, 2.45) is 7.05 Å². The summed E-state index contributed by atoms with van der Waals surface area (Å²) in [6, 6.07) is 0. The molecule has 4 heteroatoms. The number of nitrogens with zero attached hydrogens (tertiary/aromatic N) is 2. The molecule has 0 aromatic carbocycles. The van der Waals surface area contributed by atoms with Gasteiger partial charge in [0.1, 0.15) is 5.78 Å². The standard InChI is InChI=1S/C11H15ClN2O/c1-14-11(10(12)7-13-14)8-4-2-3-5-9(15)6-8/h7-8H,2-6H2,1H3. The van der Waals surface area contributed by atoms with Gasteiger partial charge in [-0.1, -0.05) is 18.0 Å². The molecule has 1 aliphatic rings. The average Bonchev–Trinajstić information content (AvgIpc) is 2.40. The maximum absolute atomic E-state index is 11.5. The van der Waals surface area contributed by atoms with E-state index < -0.39 is 0 Å². The molecule has 0 bridgehead atoms. The minimum Gasteiger partial charge on any atom is -0.300 e. The maximum Gasteiger partial charge on any atom is 0.133 e. The first-order chi connectivity index (χ1) is 7.18. The predicted octanol–water partition coefficient (Wildman–Crippen LogP) is 2.69. The highest BCUT2D eigenvalue weighted by molar-refractivity contribution is 6.31. The van der Waals surface area contributed by atoms with Crippen molar-refractivity contribution in [3.05, 3.63) is 16.9 Å². The topological polar surface area (TPSA) is 34.9 Å². The van der Waals surface area contributed by atoms with Gasteiger partial charge in [-0.15, -0.1) is 0 Å².